The largest absolute Gasteiger partial charge is 0.304 e. The SMILES string of the molecule is N#CCc1cn2cc(Cl)cc(Cl)c2n1. The van der Waals surface area contributed by atoms with Crippen molar-refractivity contribution in [1.29, 1.82) is 5.26 Å². The second kappa shape index (κ2) is 3.49. The summed E-state index contributed by atoms with van der Waals surface area (Å²) in [5.74, 6) is 0. The second-order valence-corrected chi connectivity index (χ2v) is 3.65. The van der Waals surface area contributed by atoms with Crippen LogP contribution in [-0.4, -0.2) is 9.38 Å². The number of hydrogen-bond acceptors (Lipinski definition) is 2. The summed E-state index contributed by atoms with van der Waals surface area (Å²) in [4.78, 5) is 4.19. The van der Waals surface area contributed by atoms with Gasteiger partial charge in [-0.3, -0.25) is 0 Å². The molecule has 0 spiro atoms. The molecular weight excluding hydrogens is 221 g/mol. The molecule has 0 aliphatic heterocycles. The first-order chi connectivity index (χ1) is 6.70. The Morgan fingerprint density at radius 2 is 2.21 bits per heavy atom. The van der Waals surface area contributed by atoms with Gasteiger partial charge in [0.25, 0.3) is 0 Å². The molecule has 70 valence electrons. The summed E-state index contributed by atoms with van der Waals surface area (Å²) in [5.41, 5.74) is 1.32. The van der Waals surface area contributed by atoms with E-state index in [9.17, 15) is 0 Å². The normalized spacial score (nSPS) is 10.4. The molecule has 5 heteroatoms. The van der Waals surface area contributed by atoms with Crippen LogP contribution < -0.4 is 0 Å². The van der Waals surface area contributed by atoms with E-state index in [1.165, 1.54) is 0 Å². The van der Waals surface area contributed by atoms with E-state index in [1.807, 2.05) is 6.07 Å². The highest BCUT2D eigenvalue weighted by atomic mass is 35.5. The van der Waals surface area contributed by atoms with Crippen LogP contribution in [0.25, 0.3) is 5.65 Å². The number of hydrogen-bond donors (Lipinski definition) is 0. The highest BCUT2D eigenvalue weighted by Crippen LogP contribution is 2.21. The van der Waals surface area contributed by atoms with Gasteiger partial charge in [0.15, 0.2) is 5.65 Å². The fourth-order valence-electron chi connectivity index (χ4n) is 1.24. The zero-order chi connectivity index (χ0) is 10.1. The van der Waals surface area contributed by atoms with Gasteiger partial charge in [-0.1, -0.05) is 23.2 Å². The topological polar surface area (TPSA) is 41.1 Å². The minimum atomic E-state index is 0.273. The van der Waals surface area contributed by atoms with Gasteiger partial charge < -0.3 is 4.40 Å². The predicted molar refractivity (Wildman–Crippen MR) is 54.5 cm³/mol. The minimum absolute atomic E-state index is 0.273. The Labute approximate surface area is 90.5 Å². The van der Waals surface area contributed by atoms with E-state index in [0.717, 1.165) is 0 Å². The van der Waals surface area contributed by atoms with Crippen molar-refractivity contribution in [3.63, 3.8) is 0 Å². The monoisotopic (exact) mass is 225 g/mol. The van der Waals surface area contributed by atoms with Gasteiger partial charge in [0.05, 0.1) is 28.2 Å². The fraction of sp³-hybridized carbons (Fsp3) is 0.111. The first kappa shape index (κ1) is 9.32. The highest BCUT2D eigenvalue weighted by Gasteiger charge is 2.05. The van der Waals surface area contributed by atoms with Crippen molar-refractivity contribution in [1.82, 2.24) is 9.38 Å². The summed E-state index contributed by atoms with van der Waals surface area (Å²) in [7, 11) is 0. The van der Waals surface area contributed by atoms with Crippen LogP contribution in [0.5, 0.6) is 0 Å². The molecule has 0 atom stereocenters. The van der Waals surface area contributed by atoms with Crippen LogP contribution in [0, 0.1) is 11.3 Å². The zero-order valence-corrected chi connectivity index (χ0v) is 8.55. The van der Waals surface area contributed by atoms with E-state index < -0.39 is 0 Å². The van der Waals surface area contributed by atoms with Gasteiger partial charge in [0.1, 0.15) is 0 Å². The van der Waals surface area contributed by atoms with E-state index in [2.05, 4.69) is 4.98 Å². The van der Waals surface area contributed by atoms with Gasteiger partial charge in [0, 0.05) is 12.4 Å². The molecule has 0 unspecified atom stereocenters. The molecule has 0 saturated heterocycles. The first-order valence-electron chi connectivity index (χ1n) is 3.90. The zero-order valence-electron chi connectivity index (χ0n) is 7.04. The molecule has 0 N–H and O–H groups in total. The maximum Gasteiger partial charge on any atom is 0.155 e. The Kier molecular flexibility index (Phi) is 2.32. The number of aromatic nitrogens is 2. The lowest BCUT2D eigenvalue weighted by atomic mass is 10.4. The minimum Gasteiger partial charge on any atom is -0.304 e. The van der Waals surface area contributed by atoms with Gasteiger partial charge in [-0.15, -0.1) is 0 Å². The third kappa shape index (κ3) is 1.54. The average molecular weight is 226 g/mol. The van der Waals surface area contributed by atoms with E-state index in [-0.39, 0.29) is 6.42 Å². The number of pyridine rings is 1. The molecule has 2 aromatic heterocycles. The van der Waals surface area contributed by atoms with Crippen LogP contribution >= 0.6 is 23.2 Å². The number of fused-ring (bicyclic) bond motifs is 1. The van der Waals surface area contributed by atoms with Crippen LogP contribution in [0.15, 0.2) is 18.5 Å². The van der Waals surface area contributed by atoms with E-state index in [0.29, 0.717) is 21.4 Å². The highest BCUT2D eigenvalue weighted by molar-refractivity contribution is 6.36. The first-order valence-corrected chi connectivity index (χ1v) is 4.66. The molecular formula is C9H5Cl2N3. The smallest absolute Gasteiger partial charge is 0.155 e. The molecule has 0 aromatic carbocycles. The van der Waals surface area contributed by atoms with Crippen LogP contribution in [0.1, 0.15) is 5.69 Å². The summed E-state index contributed by atoms with van der Waals surface area (Å²) in [5, 5.41) is 9.54. The van der Waals surface area contributed by atoms with Gasteiger partial charge in [0.2, 0.25) is 0 Å². The van der Waals surface area contributed by atoms with E-state index >= 15 is 0 Å². The molecule has 0 fully saturated rings. The maximum absolute atomic E-state index is 8.51. The summed E-state index contributed by atoms with van der Waals surface area (Å²) in [6.45, 7) is 0. The van der Waals surface area contributed by atoms with Crippen molar-refractivity contribution in [2.24, 2.45) is 0 Å². The number of nitriles is 1. The van der Waals surface area contributed by atoms with Gasteiger partial charge >= 0.3 is 0 Å². The van der Waals surface area contributed by atoms with Crippen LogP contribution in [0.4, 0.5) is 0 Å². The number of imidazole rings is 1. The lowest BCUT2D eigenvalue weighted by Crippen LogP contribution is -1.82. The fourth-order valence-corrected chi connectivity index (χ4v) is 1.77. The van der Waals surface area contributed by atoms with Crippen molar-refractivity contribution in [2.75, 3.05) is 0 Å². The Balaban J connectivity index is 2.66. The summed E-state index contributed by atoms with van der Waals surface area (Å²) in [6.07, 6.45) is 3.72. The Bertz CT molecular complexity index is 525. The molecule has 0 bridgehead atoms. The van der Waals surface area contributed by atoms with Crippen LogP contribution in [0.3, 0.4) is 0 Å². The summed E-state index contributed by atoms with van der Waals surface area (Å²) >= 11 is 11.7. The maximum atomic E-state index is 8.51. The van der Waals surface area contributed by atoms with Gasteiger partial charge in [-0.2, -0.15) is 5.26 Å². The molecule has 0 aliphatic carbocycles. The lowest BCUT2D eigenvalue weighted by Gasteiger charge is -1.95. The van der Waals surface area contributed by atoms with Crippen LogP contribution in [-0.2, 0) is 6.42 Å². The summed E-state index contributed by atoms with van der Waals surface area (Å²) in [6, 6.07) is 3.65. The Hall–Kier alpha value is -1.24. The van der Waals surface area contributed by atoms with Crippen molar-refractivity contribution in [3.05, 3.63) is 34.2 Å². The van der Waals surface area contributed by atoms with Crippen LogP contribution in [0.2, 0.25) is 10.0 Å². The molecule has 0 radical (unpaired) electrons. The lowest BCUT2D eigenvalue weighted by molar-refractivity contribution is 1.16. The predicted octanol–water partition coefficient (Wildman–Crippen LogP) is 2.71. The van der Waals surface area contributed by atoms with Gasteiger partial charge in [-0.25, -0.2) is 4.98 Å². The molecule has 2 aromatic rings. The molecule has 0 amide bonds. The Morgan fingerprint density at radius 1 is 1.43 bits per heavy atom. The molecule has 0 saturated carbocycles. The molecule has 2 heterocycles. The third-order valence-electron chi connectivity index (χ3n) is 1.78. The second-order valence-electron chi connectivity index (χ2n) is 2.80. The van der Waals surface area contributed by atoms with Crippen molar-refractivity contribution in [3.8, 4) is 6.07 Å². The molecule has 0 aliphatic rings. The van der Waals surface area contributed by atoms with Crippen molar-refractivity contribution < 1.29 is 0 Å². The number of halogens is 2. The quantitative estimate of drug-likeness (QED) is 0.749. The molecule has 14 heavy (non-hydrogen) atoms. The standard InChI is InChI=1S/C9H5Cl2N3/c10-6-3-8(11)9-13-7(1-2-12)5-14(9)4-6/h3-5H,1H2. The van der Waals surface area contributed by atoms with E-state index in [1.54, 1.807) is 22.9 Å². The van der Waals surface area contributed by atoms with E-state index in [4.69, 9.17) is 28.5 Å². The molecule has 3 nitrogen and oxygen atoms in total. The van der Waals surface area contributed by atoms with Crippen molar-refractivity contribution >= 4 is 28.8 Å². The Morgan fingerprint density at radius 3 is 2.93 bits per heavy atom. The number of rotatable bonds is 1. The van der Waals surface area contributed by atoms with Gasteiger partial charge in [-0.05, 0) is 6.07 Å². The number of nitrogens with zero attached hydrogens (tertiary/aromatic N) is 3. The molecule has 2 rings (SSSR count). The average Bonchev–Trinajstić information content (AvgIpc) is 2.48. The van der Waals surface area contributed by atoms with Crippen molar-refractivity contribution in [2.45, 2.75) is 6.42 Å². The summed E-state index contributed by atoms with van der Waals surface area (Å²) < 4.78 is 1.72. The third-order valence-corrected chi connectivity index (χ3v) is 2.27.